The van der Waals surface area contributed by atoms with Crippen molar-refractivity contribution in [3.63, 3.8) is 0 Å². The minimum atomic E-state index is -1.03. The molecule has 8 nitrogen and oxygen atoms in total. The molecule has 0 aliphatic rings. The van der Waals surface area contributed by atoms with Gasteiger partial charge in [-0.3, -0.25) is 9.59 Å². The minimum absolute atomic E-state index is 0.303. The number of tetrazole rings is 1. The molecule has 1 N–H and O–H groups in total. The van der Waals surface area contributed by atoms with Crippen LogP contribution in [0.2, 0.25) is 0 Å². The Balaban J connectivity index is 2.16. The quantitative estimate of drug-likeness (QED) is 0.835. The van der Waals surface area contributed by atoms with Crippen molar-refractivity contribution >= 4 is 11.9 Å². The molecule has 0 radical (unpaired) electrons. The van der Waals surface area contributed by atoms with E-state index in [1.54, 1.807) is 24.3 Å². The van der Waals surface area contributed by atoms with Crippen LogP contribution in [0.15, 0.2) is 30.6 Å². The summed E-state index contributed by atoms with van der Waals surface area (Å²) in [6.07, 6.45) is 2.15. The van der Waals surface area contributed by atoms with Crippen LogP contribution in [0.3, 0.4) is 0 Å². The second kappa shape index (κ2) is 6.60. The van der Waals surface area contributed by atoms with Gasteiger partial charge in [-0.1, -0.05) is 6.92 Å². The van der Waals surface area contributed by atoms with Gasteiger partial charge in [-0.2, -0.15) is 0 Å². The molecule has 110 valence electrons. The first kappa shape index (κ1) is 14.6. The summed E-state index contributed by atoms with van der Waals surface area (Å²) in [4.78, 5) is 24.4. The minimum Gasteiger partial charge on any atom is -0.480 e. The fraction of sp³-hybridized carbons (Fsp3) is 0.308. The molecule has 8 heteroatoms. The Morgan fingerprint density at radius 3 is 2.52 bits per heavy atom. The maximum Gasteiger partial charge on any atom is 0.323 e. The zero-order chi connectivity index (χ0) is 15.2. The Morgan fingerprint density at radius 2 is 2.00 bits per heavy atom. The summed E-state index contributed by atoms with van der Waals surface area (Å²) in [5.41, 5.74) is 1.15. The summed E-state index contributed by atoms with van der Waals surface area (Å²) < 4.78 is 1.47. The highest BCUT2D eigenvalue weighted by Crippen LogP contribution is 2.10. The highest BCUT2D eigenvalue weighted by atomic mass is 16.4. The number of aromatic nitrogens is 4. The Bertz CT molecular complexity index is 609. The van der Waals surface area contributed by atoms with Crippen molar-refractivity contribution in [2.24, 2.45) is 0 Å². The topological polar surface area (TPSA) is 101 Å². The average molecular weight is 289 g/mol. The van der Waals surface area contributed by atoms with Crippen LogP contribution in [0, 0.1) is 0 Å². The zero-order valence-electron chi connectivity index (χ0n) is 11.5. The van der Waals surface area contributed by atoms with E-state index in [1.165, 1.54) is 15.9 Å². The molecule has 1 heterocycles. The normalized spacial score (nSPS) is 10.3. The molecule has 0 aliphatic heterocycles. The number of rotatable bonds is 6. The van der Waals surface area contributed by atoms with Crippen molar-refractivity contribution in [1.82, 2.24) is 25.1 Å². The van der Waals surface area contributed by atoms with Crippen molar-refractivity contribution in [3.8, 4) is 5.69 Å². The molecule has 1 aromatic carbocycles. The predicted octanol–water partition coefficient (Wildman–Crippen LogP) is 0.599. The van der Waals surface area contributed by atoms with Crippen LogP contribution >= 0.6 is 0 Å². The number of carbonyl (C=O) groups excluding carboxylic acids is 1. The van der Waals surface area contributed by atoms with Crippen LogP contribution in [0.4, 0.5) is 0 Å². The van der Waals surface area contributed by atoms with Gasteiger partial charge in [-0.25, -0.2) is 4.68 Å². The third-order valence-corrected chi connectivity index (χ3v) is 2.83. The van der Waals surface area contributed by atoms with Gasteiger partial charge in [0.05, 0.1) is 5.69 Å². The Hall–Kier alpha value is -2.77. The Morgan fingerprint density at radius 1 is 1.29 bits per heavy atom. The summed E-state index contributed by atoms with van der Waals surface area (Å²) in [6.45, 7) is 1.99. The van der Waals surface area contributed by atoms with Crippen LogP contribution in [-0.2, 0) is 4.79 Å². The number of hydrogen-bond donors (Lipinski definition) is 1. The van der Waals surface area contributed by atoms with E-state index in [2.05, 4.69) is 15.5 Å². The molecule has 0 aliphatic carbocycles. The van der Waals surface area contributed by atoms with E-state index in [-0.39, 0.29) is 12.5 Å². The van der Waals surface area contributed by atoms with Crippen LogP contribution in [0.5, 0.6) is 0 Å². The van der Waals surface area contributed by atoms with Gasteiger partial charge < -0.3 is 10.0 Å². The number of carboxylic acid groups (broad SMARTS) is 1. The SMILES string of the molecule is CCCN(CC(=O)O)C(=O)c1ccc(-n2cnnn2)cc1. The summed E-state index contributed by atoms with van der Waals surface area (Å²) in [5, 5.41) is 19.7. The summed E-state index contributed by atoms with van der Waals surface area (Å²) in [5.74, 6) is -1.33. The highest BCUT2D eigenvalue weighted by Gasteiger charge is 2.17. The summed E-state index contributed by atoms with van der Waals surface area (Å²) in [6, 6.07) is 6.66. The third kappa shape index (κ3) is 3.62. The molecule has 0 saturated carbocycles. The van der Waals surface area contributed by atoms with E-state index in [4.69, 9.17) is 5.11 Å². The number of carbonyl (C=O) groups is 2. The molecule has 0 bridgehead atoms. The molecule has 21 heavy (non-hydrogen) atoms. The van der Waals surface area contributed by atoms with Crippen molar-refractivity contribution in [2.45, 2.75) is 13.3 Å². The molecule has 1 amide bonds. The van der Waals surface area contributed by atoms with Crippen molar-refractivity contribution < 1.29 is 14.7 Å². The van der Waals surface area contributed by atoms with Crippen molar-refractivity contribution in [1.29, 1.82) is 0 Å². The van der Waals surface area contributed by atoms with Crippen molar-refractivity contribution in [2.75, 3.05) is 13.1 Å². The van der Waals surface area contributed by atoms with E-state index in [9.17, 15) is 9.59 Å². The lowest BCUT2D eigenvalue weighted by molar-refractivity contribution is -0.137. The molecule has 0 atom stereocenters. The number of hydrogen-bond acceptors (Lipinski definition) is 5. The maximum atomic E-state index is 12.3. The molecule has 2 aromatic rings. The maximum absolute atomic E-state index is 12.3. The number of benzene rings is 1. The van der Waals surface area contributed by atoms with Crippen molar-refractivity contribution in [3.05, 3.63) is 36.2 Å². The number of aliphatic carboxylic acids is 1. The lowest BCUT2D eigenvalue weighted by Gasteiger charge is -2.20. The first-order chi connectivity index (χ1) is 10.1. The molecule has 1 aromatic heterocycles. The standard InChI is InChI=1S/C13H15N5O3/c1-2-7-17(8-12(19)20)13(21)10-3-5-11(6-4-10)18-9-14-15-16-18/h3-6,9H,2,7-8H2,1H3,(H,19,20). The van der Waals surface area contributed by atoms with Gasteiger partial charge in [0.1, 0.15) is 12.9 Å². The van der Waals surface area contributed by atoms with E-state index < -0.39 is 5.97 Å². The second-order valence-electron chi connectivity index (χ2n) is 4.42. The Kier molecular flexibility index (Phi) is 4.60. The fourth-order valence-corrected chi connectivity index (χ4v) is 1.90. The van der Waals surface area contributed by atoms with Crippen LogP contribution in [0.1, 0.15) is 23.7 Å². The predicted molar refractivity (Wildman–Crippen MR) is 73.0 cm³/mol. The first-order valence-electron chi connectivity index (χ1n) is 6.46. The highest BCUT2D eigenvalue weighted by molar-refractivity contribution is 5.96. The molecule has 0 fully saturated rings. The number of nitrogens with zero attached hydrogens (tertiary/aromatic N) is 5. The van der Waals surface area contributed by atoms with Gasteiger partial charge in [0.2, 0.25) is 0 Å². The molecule has 0 spiro atoms. The summed E-state index contributed by atoms with van der Waals surface area (Å²) in [7, 11) is 0. The van der Waals surface area contributed by atoms with Gasteiger partial charge >= 0.3 is 5.97 Å². The molecule has 0 saturated heterocycles. The van der Waals surface area contributed by atoms with Gasteiger partial charge in [0.15, 0.2) is 0 Å². The third-order valence-electron chi connectivity index (χ3n) is 2.83. The van der Waals surface area contributed by atoms with Gasteiger partial charge in [-0.15, -0.1) is 5.10 Å². The van der Waals surface area contributed by atoms with Crippen LogP contribution in [-0.4, -0.2) is 55.2 Å². The van der Waals surface area contributed by atoms with E-state index in [0.29, 0.717) is 18.5 Å². The van der Waals surface area contributed by atoms with E-state index in [1.807, 2.05) is 6.92 Å². The largest absolute Gasteiger partial charge is 0.480 e. The lowest BCUT2D eigenvalue weighted by atomic mass is 10.1. The summed E-state index contributed by atoms with van der Waals surface area (Å²) >= 11 is 0. The Labute approximate surface area is 121 Å². The lowest BCUT2D eigenvalue weighted by Crippen LogP contribution is -2.36. The molecule has 0 unspecified atom stereocenters. The van der Waals surface area contributed by atoms with Gasteiger partial charge in [-0.05, 0) is 41.1 Å². The smallest absolute Gasteiger partial charge is 0.323 e. The van der Waals surface area contributed by atoms with Crippen LogP contribution < -0.4 is 0 Å². The number of carboxylic acids is 1. The second-order valence-corrected chi connectivity index (χ2v) is 4.42. The van der Waals surface area contributed by atoms with Gasteiger partial charge in [0, 0.05) is 12.1 Å². The van der Waals surface area contributed by atoms with E-state index >= 15 is 0 Å². The number of amides is 1. The zero-order valence-corrected chi connectivity index (χ0v) is 11.5. The molecule has 2 rings (SSSR count). The molecular formula is C13H15N5O3. The fourth-order valence-electron chi connectivity index (χ4n) is 1.90. The molecular weight excluding hydrogens is 274 g/mol. The first-order valence-corrected chi connectivity index (χ1v) is 6.46. The van der Waals surface area contributed by atoms with Crippen LogP contribution in [0.25, 0.3) is 5.69 Å². The average Bonchev–Trinajstić information content (AvgIpc) is 3.00. The monoisotopic (exact) mass is 289 g/mol. The van der Waals surface area contributed by atoms with E-state index in [0.717, 1.165) is 5.69 Å². The van der Waals surface area contributed by atoms with Gasteiger partial charge in [0.25, 0.3) is 5.91 Å².